The summed E-state index contributed by atoms with van der Waals surface area (Å²) in [7, 11) is 0. The second kappa shape index (κ2) is 7.44. The Bertz CT molecular complexity index is 1100. The highest BCUT2D eigenvalue weighted by molar-refractivity contribution is 6.23. The number of nitrogens with zero attached hydrogens (tertiary/aromatic N) is 1. The second-order valence-electron chi connectivity index (χ2n) is 9.71. The number of benzene rings is 2. The molecule has 2 aromatic rings. The van der Waals surface area contributed by atoms with Crippen LogP contribution >= 0.6 is 0 Å². The number of fused-ring (bicyclic) bond motifs is 5. The van der Waals surface area contributed by atoms with Gasteiger partial charge in [0.1, 0.15) is 5.75 Å². The zero-order valence-electron chi connectivity index (χ0n) is 18.6. The Labute approximate surface area is 188 Å². The summed E-state index contributed by atoms with van der Waals surface area (Å²) in [6, 6.07) is 14.1. The van der Waals surface area contributed by atoms with E-state index in [-0.39, 0.29) is 40.9 Å². The van der Waals surface area contributed by atoms with Crippen molar-refractivity contribution in [2.75, 3.05) is 4.90 Å². The molecule has 164 valence electrons. The van der Waals surface area contributed by atoms with Crippen LogP contribution in [0.4, 0.5) is 5.69 Å². The molecule has 2 bridgehead atoms. The SMILES string of the molecule is CCC(C)(C)c1ccc(OC(=O)c2cccc(N3C(=O)[C@@H]4[C@@H](C3=O)[C@H]3C=C[C@H]4C3)c2)cc1. The summed E-state index contributed by atoms with van der Waals surface area (Å²) >= 11 is 0. The number of allylic oxidation sites excluding steroid dienone is 2. The van der Waals surface area contributed by atoms with Gasteiger partial charge in [0, 0.05) is 0 Å². The summed E-state index contributed by atoms with van der Waals surface area (Å²) in [6.07, 6.45) is 6.04. The molecule has 2 amide bonds. The van der Waals surface area contributed by atoms with E-state index in [9.17, 15) is 14.4 Å². The number of amides is 2. The quantitative estimate of drug-likeness (QED) is 0.293. The van der Waals surface area contributed by atoms with Crippen molar-refractivity contribution in [1.82, 2.24) is 0 Å². The molecule has 0 aromatic heterocycles. The molecular weight excluding hydrogens is 402 g/mol. The lowest BCUT2D eigenvalue weighted by Gasteiger charge is -2.23. The van der Waals surface area contributed by atoms with Crippen molar-refractivity contribution in [2.45, 2.75) is 39.0 Å². The highest BCUT2D eigenvalue weighted by Crippen LogP contribution is 2.53. The molecule has 1 heterocycles. The fourth-order valence-electron chi connectivity index (χ4n) is 5.27. The van der Waals surface area contributed by atoms with E-state index in [1.807, 2.05) is 12.1 Å². The first-order valence-electron chi connectivity index (χ1n) is 11.3. The van der Waals surface area contributed by atoms with Gasteiger partial charge in [-0.1, -0.05) is 51.1 Å². The number of carbonyl (C=O) groups excluding carboxylic acids is 3. The van der Waals surface area contributed by atoms with Crippen molar-refractivity contribution in [3.8, 4) is 5.75 Å². The Morgan fingerprint density at radius 3 is 2.22 bits per heavy atom. The van der Waals surface area contributed by atoms with Gasteiger partial charge in [-0.05, 0) is 66.0 Å². The predicted octanol–water partition coefficient (Wildman–Crippen LogP) is 4.90. The monoisotopic (exact) mass is 429 g/mol. The number of hydrogen-bond donors (Lipinski definition) is 0. The number of esters is 1. The van der Waals surface area contributed by atoms with Crippen LogP contribution in [0.2, 0.25) is 0 Å². The molecule has 3 aliphatic rings. The summed E-state index contributed by atoms with van der Waals surface area (Å²) in [5.74, 6) is -0.594. The molecule has 2 fully saturated rings. The Kier molecular flexibility index (Phi) is 4.81. The highest BCUT2D eigenvalue weighted by atomic mass is 16.5. The molecule has 0 spiro atoms. The van der Waals surface area contributed by atoms with Crippen LogP contribution in [0.5, 0.6) is 5.75 Å². The number of ether oxygens (including phenoxy) is 1. The van der Waals surface area contributed by atoms with E-state index in [0.29, 0.717) is 17.0 Å². The van der Waals surface area contributed by atoms with Crippen molar-refractivity contribution in [3.05, 3.63) is 71.8 Å². The van der Waals surface area contributed by atoms with Crippen molar-refractivity contribution in [3.63, 3.8) is 0 Å². The first-order valence-corrected chi connectivity index (χ1v) is 11.3. The Morgan fingerprint density at radius 1 is 1.00 bits per heavy atom. The first-order chi connectivity index (χ1) is 15.3. The van der Waals surface area contributed by atoms with E-state index in [2.05, 4.69) is 32.9 Å². The molecule has 2 aliphatic carbocycles. The van der Waals surface area contributed by atoms with Crippen molar-refractivity contribution < 1.29 is 19.1 Å². The van der Waals surface area contributed by atoms with Crippen molar-refractivity contribution in [1.29, 1.82) is 0 Å². The van der Waals surface area contributed by atoms with E-state index >= 15 is 0 Å². The Hall–Kier alpha value is -3.21. The summed E-state index contributed by atoms with van der Waals surface area (Å²) in [6.45, 7) is 6.50. The fraction of sp³-hybridized carbons (Fsp3) is 0.370. The number of imide groups is 1. The number of rotatable bonds is 5. The Balaban J connectivity index is 1.34. The van der Waals surface area contributed by atoms with Gasteiger partial charge in [0.15, 0.2) is 0 Å². The zero-order chi connectivity index (χ0) is 22.6. The average molecular weight is 430 g/mol. The smallest absolute Gasteiger partial charge is 0.343 e. The molecule has 0 radical (unpaired) electrons. The van der Waals surface area contributed by atoms with Crippen molar-refractivity contribution in [2.24, 2.45) is 23.7 Å². The van der Waals surface area contributed by atoms with E-state index in [1.54, 1.807) is 36.4 Å². The molecule has 1 aliphatic heterocycles. The van der Waals surface area contributed by atoms with Gasteiger partial charge in [0.25, 0.3) is 0 Å². The largest absolute Gasteiger partial charge is 0.423 e. The molecule has 1 saturated carbocycles. The summed E-state index contributed by atoms with van der Waals surface area (Å²) in [4.78, 5) is 40.1. The van der Waals surface area contributed by atoms with Crippen LogP contribution in [-0.4, -0.2) is 17.8 Å². The van der Waals surface area contributed by atoms with E-state index < -0.39 is 5.97 Å². The van der Waals surface area contributed by atoms with Gasteiger partial charge in [-0.2, -0.15) is 0 Å². The fourth-order valence-corrected chi connectivity index (χ4v) is 5.27. The van der Waals surface area contributed by atoms with Crippen LogP contribution in [0.25, 0.3) is 0 Å². The standard InChI is InChI=1S/C27H27NO4/c1-4-27(2,3)19-10-12-21(13-11-19)32-26(31)18-6-5-7-20(15-18)28-24(29)22-16-8-9-17(14-16)23(22)25(28)30/h5-13,15-17,22-23H,4,14H2,1-3H3/t16-,17-,22-,23-/m0/s1. The molecular formula is C27H27NO4. The molecule has 32 heavy (non-hydrogen) atoms. The molecule has 5 rings (SSSR count). The van der Waals surface area contributed by atoms with Gasteiger partial charge in [-0.15, -0.1) is 0 Å². The molecule has 5 heteroatoms. The highest BCUT2D eigenvalue weighted by Gasteiger charge is 2.59. The molecule has 0 N–H and O–H groups in total. The third kappa shape index (κ3) is 3.19. The van der Waals surface area contributed by atoms with E-state index in [0.717, 1.165) is 12.8 Å². The zero-order valence-corrected chi connectivity index (χ0v) is 18.6. The normalized spacial score (nSPS) is 26.0. The van der Waals surface area contributed by atoms with Crippen LogP contribution in [0.3, 0.4) is 0 Å². The molecule has 5 nitrogen and oxygen atoms in total. The lowest BCUT2D eigenvalue weighted by atomic mass is 9.82. The van der Waals surface area contributed by atoms with Gasteiger partial charge in [0.05, 0.1) is 23.1 Å². The van der Waals surface area contributed by atoms with Crippen LogP contribution in [0.15, 0.2) is 60.7 Å². The number of hydrogen-bond acceptors (Lipinski definition) is 4. The molecule has 4 atom stereocenters. The minimum Gasteiger partial charge on any atom is -0.423 e. The summed E-state index contributed by atoms with van der Waals surface area (Å²) in [5, 5.41) is 0. The van der Waals surface area contributed by atoms with Gasteiger partial charge in [0.2, 0.25) is 11.8 Å². The number of carbonyl (C=O) groups is 3. The van der Waals surface area contributed by atoms with E-state index in [1.165, 1.54) is 10.5 Å². The first kappa shape index (κ1) is 20.7. The summed E-state index contributed by atoms with van der Waals surface area (Å²) in [5.41, 5.74) is 1.98. The molecule has 2 aromatic carbocycles. The molecule has 1 saturated heterocycles. The van der Waals surface area contributed by atoms with Gasteiger partial charge in [-0.25, -0.2) is 9.69 Å². The number of anilines is 1. The maximum Gasteiger partial charge on any atom is 0.343 e. The van der Waals surface area contributed by atoms with Gasteiger partial charge in [-0.3, -0.25) is 9.59 Å². The van der Waals surface area contributed by atoms with Crippen LogP contribution in [0.1, 0.15) is 49.5 Å². The van der Waals surface area contributed by atoms with Gasteiger partial charge >= 0.3 is 5.97 Å². The van der Waals surface area contributed by atoms with Gasteiger partial charge < -0.3 is 4.74 Å². The van der Waals surface area contributed by atoms with E-state index in [4.69, 9.17) is 4.74 Å². The minimum atomic E-state index is -0.518. The maximum atomic E-state index is 13.1. The average Bonchev–Trinajstić information content (AvgIpc) is 3.48. The lowest BCUT2D eigenvalue weighted by Crippen LogP contribution is -2.33. The third-order valence-corrected chi connectivity index (χ3v) is 7.54. The van der Waals surface area contributed by atoms with Crippen molar-refractivity contribution >= 4 is 23.5 Å². The minimum absolute atomic E-state index is 0.0545. The molecule has 0 unspecified atom stereocenters. The predicted molar refractivity (Wildman–Crippen MR) is 121 cm³/mol. The van der Waals surface area contributed by atoms with Crippen LogP contribution < -0.4 is 9.64 Å². The van der Waals surface area contributed by atoms with Crippen LogP contribution in [-0.2, 0) is 15.0 Å². The summed E-state index contributed by atoms with van der Waals surface area (Å²) < 4.78 is 5.55. The maximum absolute atomic E-state index is 13.1. The topological polar surface area (TPSA) is 63.7 Å². The third-order valence-electron chi connectivity index (χ3n) is 7.54. The Morgan fingerprint density at radius 2 is 1.62 bits per heavy atom. The second-order valence-corrected chi connectivity index (χ2v) is 9.71. The lowest BCUT2D eigenvalue weighted by molar-refractivity contribution is -0.123. The van der Waals surface area contributed by atoms with Crippen LogP contribution in [0, 0.1) is 23.7 Å².